The lowest BCUT2D eigenvalue weighted by Crippen LogP contribution is -2.51. The standard InChI is InChI=1S/C34H48Cl2O2/c1-21(2)8-6-9-22(3)27-14-15-28-25-13-12-23-20-24(38-32(37)26-10-7-11-30(35)31(26)36)16-18-33(23,4)29(25)17-19-34(27,28)5/h7,10-12,21-22,24-25,27-29H,6,8-9,13-20H2,1-5H3/t22?,24?,25?,27?,28?,29?,33-,34+/m0/s1. The number of ether oxygens (including phenoxy) is 1. The average molecular weight is 560 g/mol. The van der Waals surface area contributed by atoms with Gasteiger partial charge in [0, 0.05) is 6.42 Å². The predicted molar refractivity (Wildman–Crippen MR) is 159 cm³/mol. The first-order chi connectivity index (χ1) is 18.0. The molecule has 4 aliphatic carbocycles. The number of esters is 1. The van der Waals surface area contributed by atoms with E-state index in [1.165, 1.54) is 51.4 Å². The Morgan fingerprint density at radius 3 is 2.58 bits per heavy atom. The van der Waals surface area contributed by atoms with E-state index in [-0.39, 0.29) is 22.5 Å². The molecular formula is C34H48Cl2O2. The third-order valence-electron chi connectivity index (χ3n) is 11.7. The summed E-state index contributed by atoms with van der Waals surface area (Å²) in [6, 6.07) is 5.15. The number of hydrogen-bond donors (Lipinski definition) is 0. The highest BCUT2D eigenvalue weighted by atomic mass is 35.5. The van der Waals surface area contributed by atoms with Gasteiger partial charge in [0.25, 0.3) is 0 Å². The summed E-state index contributed by atoms with van der Waals surface area (Å²) in [6.45, 7) is 12.5. The molecule has 0 aromatic heterocycles. The lowest BCUT2D eigenvalue weighted by atomic mass is 9.47. The van der Waals surface area contributed by atoms with Crippen molar-refractivity contribution in [3.05, 3.63) is 45.5 Å². The number of carbonyl (C=O) groups is 1. The second-order valence-corrected chi connectivity index (χ2v) is 14.9. The van der Waals surface area contributed by atoms with E-state index in [1.54, 1.807) is 23.8 Å². The molecule has 3 saturated carbocycles. The topological polar surface area (TPSA) is 26.3 Å². The van der Waals surface area contributed by atoms with Gasteiger partial charge in [0.2, 0.25) is 0 Å². The highest BCUT2D eigenvalue weighted by Crippen LogP contribution is 2.67. The molecule has 3 fully saturated rings. The molecule has 1 aromatic carbocycles. The van der Waals surface area contributed by atoms with Crippen LogP contribution >= 0.6 is 23.2 Å². The van der Waals surface area contributed by atoms with Crippen LogP contribution in [-0.2, 0) is 4.74 Å². The Bertz CT molecular complexity index is 1060. The van der Waals surface area contributed by atoms with Crippen molar-refractivity contribution < 1.29 is 9.53 Å². The van der Waals surface area contributed by atoms with E-state index in [2.05, 4.69) is 40.7 Å². The van der Waals surface area contributed by atoms with Gasteiger partial charge in [0.05, 0.1) is 15.6 Å². The summed E-state index contributed by atoms with van der Waals surface area (Å²) in [5, 5.41) is 0.677. The molecule has 0 spiro atoms. The summed E-state index contributed by atoms with van der Waals surface area (Å²) in [5.74, 6) is 4.68. The third-order valence-corrected chi connectivity index (χ3v) is 12.5. The van der Waals surface area contributed by atoms with Crippen LogP contribution in [0.25, 0.3) is 0 Å². The number of benzene rings is 1. The molecule has 2 nitrogen and oxygen atoms in total. The first-order valence-corrected chi connectivity index (χ1v) is 16.1. The van der Waals surface area contributed by atoms with Gasteiger partial charge < -0.3 is 4.74 Å². The maximum atomic E-state index is 12.9. The third kappa shape index (κ3) is 5.11. The smallest absolute Gasteiger partial charge is 0.339 e. The minimum absolute atomic E-state index is 0.0789. The zero-order valence-electron chi connectivity index (χ0n) is 24.2. The van der Waals surface area contributed by atoms with Gasteiger partial charge in [-0.05, 0) is 103 Å². The fourth-order valence-corrected chi connectivity index (χ4v) is 10.0. The number of allylic oxidation sites excluding steroid dienone is 1. The van der Waals surface area contributed by atoms with Crippen molar-refractivity contribution in [2.45, 2.75) is 111 Å². The lowest BCUT2D eigenvalue weighted by Gasteiger charge is -2.58. The second kappa shape index (κ2) is 11.1. The van der Waals surface area contributed by atoms with Crippen molar-refractivity contribution in [2.75, 3.05) is 0 Å². The minimum Gasteiger partial charge on any atom is -0.458 e. The zero-order valence-corrected chi connectivity index (χ0v) is 25.7. The van der Waals surface area contributed by atoms with E-state index in [1.807, 2.05) is 0 Å². The number of halogens is 2. The molecule has 8 atom stereocenters. The van der Waals surface area contributed by atoms with Crippen LogP contribution in [0.5, 0.6) is 0 Å². The highest BCUT2D eigenvalue weighted by Gasteiger charge is 2.59. The van der Waals surface area contributed by atoms with Crippen LogP contribution in [0.2, 0.25) is 10.0 Å². The first kappa shape index (κ1) is 28.5. The Balaban J connectivity index is 1.26. The van der Waals surface area contributed by atoms with Gasteiger partial charge in [-0.15, -0.1) is 0 Å². The Hall–Kier alpha value is -0.990. The molecule has 0 amide bonds. The Labute approximate surface area is 241 Å². The summed E-state index contributed by atoms with van der Waals surface area (Å²) < 4.78 is 5.99. The van der Waals surface area contributed by atoms with Crippen molar-refractivity contribution in [1.29, 1.82) is 0 Å². The van der Waals surface area contributed by atoms with Gasteiger partial charge in [0.1, 0.15) is 6.10 Å². The average Bonchev–Trinajstić information content (AvgIpc) is 3.23. The number of carbonyl (C=O) groups excluding carboxylic acids is 1. The molecule has 0 aliphatic heterocycles. The van der Waals surface area contributed by atoms with Gasteiger partial charge in [-0.3, -0.25) is 0 Å². The van der Waals surface area contributed by atoms with Gasteiger partial charge >= 0.3 is 5.97 Å². The van der Waals surface area contributed by atoms with Crippen molar-refractivity contribution in [2.24, 2.45) is 46.3 Å². The van der Waals surface area contributed by atoms with E-state index in [4.69, 9.17) is 27.9 Å². The predicted octanol–water partition coefficient (Wildman–Crippen LogP) is 10.6. The van der Waals surface area contributed by atoms with Crippen molar-refractivity contribution in [3.63, 3.8) is 0 Å². The molecular weight excluding hydrogens is 511 g/mol. The normalized spacial score (nSPS) is 37.2. The van der Waals surface area contributed by atoms with E-state index in [0.717, 1.165) is 54.8 Å². The Morgan fingerprint density at radius 1 is 1.03 bits per heavy atom. The lowest BCUT2D eigenvalue weighted by molar-refractivity contribution is -0.0594. The zero-order chi connectivity index (χ0) is 27.2. The molecule has 4 aliphatic rings. The first-order valence-electron chi connectivity index (χ1n) is 15.4. The second-order valence-electron chi connectivity index (χ2n) is 14.2. The van der Waals surface area contributed by atoms with Crippen molar-refractivity contribution in [3.8, 4) is 0 Å². The fourth-order valence-electron chi connectivity index (χ4n) is 9.63. The summed E-state index contributed by atoms with van der Waals surface area (Å²) in [7, 11) is 0. The van der Waals surface area contributed by atoms with Crippen LogP contribution in [0, 0.1) is 46.3 Å². The van der Waals surface area contributed by atoms with E-state index >= 15 is 0 Å². The van der Waals surface area contributed by atoms with Crippen LogP contribution in [-0.4, -0.2) is 12.1 Å². The fraction of sp³-hybridized carbons (Fsp3) is 0.735. The summed E-state index contributed by atoms with van der Waals surface area (Å²) >= 11 is 12.4. The van der Waals surface area contributed by atoms with E-state index in [9.17, 15) is 4.79 Å². The maximum Gasteiger partial charge on any atom is 0.339 e. The van der Waals surface area contributed by atoms with Crippen molar-refractivity contribution >= 4 is 29.2 Å². The van der Waals surface area contributed by atoms with Crippen LogP contribution in [0.1, 0.15) is 116 Å². The van der Waals surface area contributed by atoms with Crippen LogP contribution in [0.4, 0.5) is 0 Å². The highest BCUT2D eigenvalue weighted by molar-refractivity contribution is 6.43. The quantitative estimate of drug-likeness (QED) is 0.245. The number of hydrogen-bond acceptors (Lipinski definition) is 2. The molecule has 5 rings (SSSR count). The molecule has 0 heterocycles. The summed E-state index contributed by atoms with van der Waals surface area (Å²) in [5.41, 5.74) is 2.68. The van der Waals surface area contributed by atoms with Gasteiger partial charge in [-0.25, -0.2) is 4.79 Å². The van der Waals surface area contributed by atoms with Gasteiger partial charge in [0.15, 0.2) is 0 Å². The molecule has 0 saturated heterocycles. The van der Waals surface area contributed by atoms with Crippen molar-refractivity contribution in [1.82, 2.24) is 0 Å². The van der Waals surface area contributed by atoms with Crippen LogP contribution in [0.3, 0.4) is 0 Å². The van der Waals surface area contributed by atoms with Crippen LogP contribution < -0.4 is 0 Å². The largest absolute Gasteiger partial charge is 0.458 e. The molecule has 210 valence electrons. The molecule has 1 aromatic rings. The maximum absolute atomic E-state index is 12.9. The Kier molecular flexibility index (Phi) is 8.35. The molecule has 0 N–H and O–H groups in total. The van der Waals surface area contributed by atoms with E-state index in [0.29, 0.717) is 16.0 Å². The number of fused-ring (bicyclic) bond motifs is 5. The molecule has 0 radical (unpaired) electrons. The van der Waals surface area contributed by atoms with E-state index < -0.39 is 0 Å². The molecule has 6 unspecified atom stereocenters. The monoisotopic (exact) mass is 558 g/mol. The SMILES string of the molecule is CC(C)CCCC(C)C1CCC2C3CC=C4CC(OC(=O)c5cccc(Cl)c5Cl)CC[C@]4(C)C3CC[C@]12C. The van der Waals surface area contributed by atoms with Gasteiger partial charge in [-0.2, -0.15) is 0 Å². The van der Waals surface area contributed by atoms with Gasteiger partial charge in [-0.1, -0.05) is 94.8 Å². The minimum atomic E-state index is -0.353. The summed E-state index contributed by atoms with van der Waals surface area (Å²) in [6.07, 6.45) is 16.4. The Morgan fingerprint density at radius 2 is 1.82 bits per heavy atom. The molecule has 0 bridgehead atoms. The summed E-state index contributed by atoms with van der Waals surface area (Å²) in [4.78, 5) is 12.9. The number of rotatable bonds is 7. The molecule has 38 heavy (non-hydrogen) atoms. The van der Waals surface area contributed by atoms with Crippen LogP contribution in [0.15, 0.2) is 29.8 Å². The molecule has 4 heteroatoms.